The molecule has 15 heavy (non-hydrogen) atoms. The average Bonchev–Trinajstić information content (AvgIpc) is 2.27. The lowest BCUT2D eigenvalue weighted by Crippen LogP contribution is -2.02. The molecule has 76 valence electrons. The first-order valence-electron chi connectivity index (χ1n) is 4.20. The molecular weight excluding hydrogens is 218 g/mol. The van der Waals surface area contributed by atoms with Crippen LogP contribution in [0.3, 0.4) is 0 Å². The van der Waals surface area contributed by atoms with E-state index >= 15 is 0 Å². The van der Waals surface area contributed by atoms with Crippen LogP contribution in [-0.4, -0.2) is 16.6 Å². The van der Waals surface area contributed by atoms with Gasteiger partial charge in [0.15, 0.2) is 11.4 Å². The SMILES string of the molecule is O=C(CCl)c1ccc2oc(=O)cnc2c1. The summed E-state index contributed by atoms with van der Waals surface area (Å²) in [7, 11) is 0. The second kappa shape index (κ2) is 3.82. The average molecular weight is 224 g/mol. The molecule has 4 nitrogen and oxygen atoms in total. The lowest BCUT2D eigenvalue weighted by molar-refractivity contribution is 0.102. The molecule has 1 heterocycles. The summed E-state index contributed by atoms with van der Waals surface area (Å²) < 4.78 is 4.87. The number of aromatic nitrogens is 1. The van der Waals surface area contributed by atoms with E-state index < -0.39 is 5.63 Å². The van der Waals surface area contributed by atoms with Gasteiger partial charge in [0, 0.05) is 5.56 Å². The molecule has 1 aromatic heterocycles. The Morgan fingerprint density at radius 2 is 2.27 bits per heavy atom. The lowest BCUT2D eigenvalue weighted by Gasteiger charge is -1.98. The van der Waals surface area contributed by atoms with Gasteiger partial charge >= 0.3 is 5.63 Å². The van der Waals surface area contributed by atoms with Crippen LogP contribution >= 0.6 is 11.6 Å². The number of nitrogens with zero attached hydrogens (tertiary/aromatic N) is 1. The summed E-state index contributed by atoms with van der Waals surface area (Å²) in [6, 6.07) is 4.63. The maximum absolute atomic E-state index is 11.3. The van der Waals surface area contributed by atoms with Gasteiger partial charge in [0.1, 0.15) is 11.7 Å². The molecule has 0 saturated heterocycles. The molecule has 0 atom stereocenters. The van der Waals surface area contributed by atoms with Gasteiger partial charge in [-0.2, -0.15) is 0 Å². The van der Waals surface area contributed by atoms with Crippen molar-refractivity contribution in [2.45, 2.75) is 0 Å². The summed E-state index contributed by atoms with van der Waals surface area (Å²) in [5.74, 6) is -0.269. The third-order valence-electron chi connectivity index (χ3n) is 1.92. The second-order valence-corrected chi connectivity index (χ2v) is 3.19. The molecule has 0 aliphatic heterocycles. The van der Waals surface area contributed by atoms with E-state index in [1.807, 2.05) is 0 Å². The van der Waals surface area contributed by atoms with Gasteiger partial charge in [-0.15, -0.1) is 11.6 Å². The molecule has 5 heteroatoms. The Balaban J connectivity index is 2.62. The van der Waals surface area contributed by atoms with E-state index in [0.717, 1.165) is 6.20 Å². The quantitative estimate of drug-likeness (QED) is 0.573. The van der Waals surface area contributed by atoms with E-state index in [0.29, 0.717) is 16.7 Å². The molecule has 2 aromatic rings. The molecule has 0 unspecified atom stereocenters. The van der Waals surface area contributed by atoms with Gasteiger partial charge in [-0.05, 0) is 18.2 Å². The van der Waals surface area contributed by atoms with Gasteiger partial charge < -0.3 is 4.42 Å². The zero-order chi connectivity index (χ0) is 10.8. The zero-order valence-corrected chi connectivity index (χ0v) is 8.32. The fourth-order valence-corrected chi connectivity index (χ4v) is 1.37. The highest BCUT2D eigenvalue weighted by Crippen LogP contribution is 2.12. The van der Waals surface area contributed by atoms with Crippen molar-refractivity contribution < 1.29 is 9.21 Å². The molecule has 1 aromatic carbocycles. The molecule has 0 fully saturated rings. The van der Waals surface area contributed by atoms with Crippen LogP contribution in [0.25, 0.3) is 11.1 Å². The van der Waals surface area contributed by atoms with Gasteiger partial charge in [0.2, 0.25) is 0 Å². The number of benzene rings is 1. The minimum atomic E-state index is -0.515. The molecule has 0 saturated carbocycles. The smallest absolute Gasteiger partial charge is 0.354 e. The Kier molecular flexibility index (Phi) is 2.51. The number of Topliss-reactive ketones (excluding diaryl/α,β-unsaturated/α-hetero) is 1. The van der Waals surface area contributed by atoms with Crippen molar-refractivity contribution in [1.82, 2.24) is 4.98 Å². The van der Waals surface area contributed by atoms with Gasteiger partial charge in [0.25, 0.3) is 0 Å². The number of fused-ring (bicyclic) bond motifs is 1. The first-order chi connectivity index (χ1) is 7.20. The summed E-state index contributed by atoms with van der Waals surface area (Å²) in [5, 5.41) is 0. The van der Waals surface area contributed by atoms with Gasteiger partial charge in [-0.25, -0.2) is 9.78 Å². The number of carbonyl (C=O) groups is 1. The van der Waals surface area contributed by atoms with E-state index in [4.69, 9.17) is 16.0 Å². The molecule has 0 aliphatic rings. The highest BCUT2D eigenvalue weighted by atomic mass is 35.5. The Labute approximate surface area is 89.5 Å². The van der Waals surface area contributed by atoms with Crippen molar-refractivity contribution in [2.75, 3.05) is 5.88 Å². The van der Waals surface area contributed by atoms with Gasteiger partial charge in [-0.3, -0.25) is 4.79 Å². The minimum absolute atomic E-state index is 0.0811. The topological polar surface area (TPSA) is 60.2 Å². The van der Waals surface area contributed by atoms with Crippen molar-refractivity contribution in [3.8, 4) is 0 Å². The molecule has 0 aliphatic carbocycles. The fraction of sp³-hybridized carbons (Fsp3) is 0.100. The Bertz CT molecular complexity index is 576. The van der Waals surface area contributed by atoms with Crippen molar-refractivity contribution in [2.24, 2.45) is 0 Å². The molecule has 0 N–H and O–H groups in total. The molecule has 0 bridgehead atoms. The molecule has 0 radical (unpaired) electrons. The summed E-state index contributed by atoms with van der Waals surface area (Å²) >= 11 is 5.42. The fourth-order valence-electron chi connectivity index (χ4n) is 1.21. The first-order valence-corrected chi connectivity index (χ1v) is 4.73. The number of hydrogen-bond donors (Lipinski definition) is 0. The van der Waals surface area contributed by atoms with Crippen molar-refractivity contribution in [1.29, 1.82) is 0 Å². The molecule has 0 amide bonds. The van der Waals surface area contributed by atoms with Crippen LogP contribution in [0.5, 0.6) is 0 Å². The number of carbonyl (C=O) groups excluding carboxylic acids is 1. The minimum Gasteiger partial charge on any atom is -0.420 e. The lowest BCUT2D eigenvalue weighted by atomic mass is 10.1. The number of alkyl halides is 1. The summed E-state index contributed by atoms with van der Waals surface area (Å²) in [5.41, 5.74) is 0.761. The number of hydrogen-bond acceptors (Lipinski definition) is 4. The van der Waals surface area contributed by atoms with E-state index in [1.165, 1.54) is 6.07 Å². The van der Waals surface area contributed by atoms with Crippen molar-refractivity contribution in [3.05, 3.63) is 40.4 Å². The molecular formula is C10H6ClNO3. The summed E-state index contributed by atoms with van der Waals surface area (Å²) in [6.45, 7) is 0. The predicted molar refractivity (Wildman–Crippen MR) is 55.3 cm³/mol. The molecule has 2 rings (SSSR count). The standard InChI is InChI=1S/C10H6ClNO3/c11-4-8(13)6-1-2-9-7(3-6)12-5-10(14)15-9/h1-3,5H,4H2. The largest absolute Gasteiger partial charge is 0.420 e. The zero-order valence-electron chi connectivity index (χ0n) is 7.57. The third-order valence-corrected chi connectivity index (χ3v) is 2.16. The van der Waals surface area contributed by atoms with E-state index in [-0.39, 0.29) is 11.7 Å². The van der Waals surface area contributed by atoms with Crippen molar-refractivity contribution in [3.63, 3.8) is 0 Å². The second-order valence-electron chi connectivity index (χ2n) is 2.92. The Morgan fingerprint density at radius 1 is 1.47 bits per heavy atom. The van der Waals surface area contributed by atoms with E-state index in [1.54, 1.807) is 12.1 Å². The number of halogens is 1. The van der Waals surface area contributed by atoms with Crippen molar-refractivity contribution >= 4 is 28.5 Å². The maximum atomic E-state index is 11.3. The predicted octanol–water partition coefficient (Wildman–Crippen LogP) is 1.61. The number of rotatable bonds is 2. The van der Waals surface area contributed by atoms with E-state index in [2.05, 4.69) is 4.98 Å². The van der Waals surface area contributed by atoms with Crippen LogP contribution in [0.2, 0.25) is 0 Å². The summed E-state index contributed by atoms with van der Waals surface area (Å²) in [6.07, 6.45) is 1.07. The number of ketones is 1. The molecule has 0 spiro atoms. The van der Waals surface area contributed by atoms with Crippen LogP contribution in [0.15, 0.2) is 33.6 Å². The van der Waals surface area contributed by atoms with E-state index in [9.17, 15) is 9.59 Å². The van der Waals surface area contributed by atoms with Crippen LogP contribution in [0.1, 0.15) is 10.4 Å². The van der Waals surface area contributed by atoms with Gasteiger partial charge in [0.05, 0.1) is 5.88 Å². The summed E-state index contributed by atoms with van der Waals surface area (Å²) in [4.78, 5) is 26.0. The van der Waals surface area contributed by atoms with Crippen LogP contribution in [0, 0.1) is 0 Å². The third kappa shape index (κ3) is 1.89. The monoisotopic (exact) mass is 223 g/mol. The Hall–Kier alpha value is -1.68. The maximum Gasteiger partial charge on any atom is 0.354 e. The normalized spacial score (nSPS) is 10.5. The Morgan fingerprint density at radius 3 is 3.00 bits per heavy atom. The van der Waals surface area contributed by atoms with Crippen LogP contribution in [-0.2, 0) is 0 Å². The highest BCUT2D eigenvalue weighted by Gasteiger charge is 2.06. The highest BCUT2D eigenvalue weighted by molar-refractivity contribution is 6.30. The van der Waals surface area contributed by atoms with Crippen LogP contribution < -0.4 is 5.63 Å². The van der Waals surface area contributed by atoms with Crippen LogP contribution in [0.4, 0.5) is 0 Å². The first kappa shape index (κ1) is 9.86. The van der Waals surface area contributed by atoms with Gasteiger partial charge in [-0.1, -0.05) is 0 Å².